The second-order valence-electron chi connectivity index (χ2n) is 6.51. The standard InChI is InChI=1S/C16H22ClNO/c1-16(2,3)10-14(17)12-7-6-11-5-4-8-18-15(19)13(11)9-12/h6-7,9,14H,4-5,8,10H2,1-3H3,(H,18,19). The predicted molar refractivity (Wildman–Crippen MR) is 79.8 cm³/mol. The van der Waals surface area contributed by atoms with Crippen LogP contribution in [0.2, 0.25) is 0 Å². The number of halogens is 1. The van der Waals surface area contributed by atoms with Gasteiger partial charge in [0.1, 0.15) is 0 Å². The Bertz CT molecular complexity index is 476. The highest BCUT2D eigenvalue weighted by Crippen LogP contribution is 2.35. The number of carbonyl (C=O) groups is 1. The first-order valence-corrected chi connectivity index (χ1v) is 7.35. The number of fused-ring (bicyclic) bond motifs is 1. The van der Waals surface area contributed by atoms with Crippen LogP contribution in [0.5, 0.6) is 0 Å². The Morgan fingerprint density at radius 1 is 1.37 bits per heavy atom. The highest BCUT2D eigenvalue weighted by molar-refractivity contribution is 6.20. The predicted octanol–water partition coefficient (Wildman–Crippen LogP) is 4.08. The van der Waals surface area contributed by atoms with Gasteiger partial charge in [-0.25, -0.2) is 0 Å². The van der Waals surface area contributed by atoms with Crippen molar-refractivity contribution in [2.45, 2.75) is 45.4 Å². The number of benzene rings is 1. The summed E-state index contributed by atoms with van der Waals surface area (Å²) in [5.41, 5.74) is 3.17. The molecule has 0 radical (unpaired) electrons. The fraction of sp³-hybridized carbons (Fsp3) is 0.562. The Kier molecular flexibility index (Phi) is 4.19. The Balaban J connectivity index is 2.27. The van der Waals surface area contributed by atoms with Crippen molar-refractivity contribution in [1.29, 1.82) is 0 Å². The minimum absolute atomic E-state index is 0.0361. The van der Waals surface area contributed by atoms with Gasteiger partial charge in [0.05, 0.1) is 5.38 Å². The zero-order chi connectivity index (χ0) is 14.0. The van der Waals surface area contributed by atoms with Crippen molar-refractivity contribution in [3.05, 3.63) is 34.9 Å². The normalized spacial score (nSPS) is 17.4. The van der Waals surface area contributed by atoms with Crippen LogP contribution in [-0.2, 0) is 6.42 Å². The molecule has 1 aliphatic rings. The van der Waals surface area contributed by atoms with E-state index >= 15 is 0 Å². The van der Waals surface area contributed by atoms with Crippen LogP contribution in [0.15, 0.2) is 18.2 Å². The molecule has 1 atom stereocenters. The second-order valence-corrected chi connectivity index (χ2v) is 7.04. The third-order valence-electron chi connectivity index (χ3n) is 3.44. The summed E-state index contributed by atoms with van der Waals surface area (Å²) < 4.78 is 0. The average Bonchev–Trinajstić information content (AvgIpc) is 2.49. The largest absolute Gasteiger partial charge is 0.352 e. The van der Waals surface area contributed by atoms with Gasteiger partial charge in [0.2, 0.25) is 0 Å². The fourth-order valence-electron chi connectivity index (χ4n) is 2.45. The summed E-state index contributed by atoms with van der Waals surface area (Å²) in [4.78, 5) is 12.0. The van der Waals surface area contributed by atoms with Crippen molar-refractivity contribution >= 4 is 17.5 Å². The van der Waals surface area contributed by atoms with Crippen molar-refractivity contribution in [2.24, 2.45) is 5.41 Å². The zero-order valence-electron chi connectivity index (χ0n) is 11.9. The molecule has 3 heteroatoms. The minimum Gasteiger partial charge on any atom is -0.352 e. The van der Waals surface area contributed by atoms with Gasteiger partial charge in [-0.2, -0.15) is 0 Å². The molecule has 0 bridgehead atoms. The lowest BCUT2D eigenvalue weighted by molar-refractivity contribution is 0.0956. The van der Waals surface area contributed by atoms with Crippen LogP contribution in [0.4, 0.5) is 0 Å². The summed E-state index contributed by atoms with van der Waals surface area (Å²) in [7, 11) is 0. The molecule has 0 spiro atoms. The van der Waals surface area contributed by atoms with Crippen LogP contribution >= 0.6 is 11.6 Å². The van der Waals surface area contributed by atoms with E-state index in [1.807, 2.05) is 6.07 Å². The number of hydrogen-bond donors (Lipinski definition) is 1. The highest BCUT2D eigenvalue weighted by atomic mass is 35.5. The van der Waals surface area contributed by atoms with Gasteiger partial charge in [0.25, 0.3) is 5.91 Å². The molecule has 1 amide bonds. The molecule has 1 aliphatic heterocycles. The van der Waals surface area contributed by atoms with Gasteiger partial charge in [-0.1, -0.05) is 32.9 Å². The number of nitrogens with one attached hydrogen (secondary N) is 1. The number of alkyl halides is 1. The van der Waals surface area contributed by atoms with Crippen LogP contribution < -0.4 is 5.32 Å². The number of hydrogen-bond acceptors (Lipinski definition) is 1. The maximum absolute atomic E-state index is 12.0. The Hall–Kier alpha value is -1.02. The van der Waals surface area contributed by atoms with Crippen molar-refractivity contribution in [1.82, 2.24) is 5.32 Å². The van der Waals surface area contributed by atoms with Gasteiger partial charge >= 0.3 is 0 Å². The van der Waals surface area contributed by atoms with Crippen LogP contribution in [0.25, 0.3) is 0 Å². The van der Waals surface area contributed by atoms with E-state index in [1.54, 1.807) is 0 Å². The molecular formula is C16H22ClNO. The number of carbonyl (C=O) groups excluding carboxylic acids is 1. The lowest BCUT2D eigenvalue weighted by atomic mass is 9.87. The van der Waals surface area contributed by atoms with E-state index < -0.39 is 0 Å². The maximum atomic E-state index is 12.0. The Morgan fingerprint density at radius 2 is 2.11 bits per heavy atom. The van der Waals surface area contributed by atoms with Crippen LogP contribution in [0.1, 0.15) is 60.5 Å². The summed E-state index contributed by atoms with van der Waals surface area (Å²) in [5.74, 6) is 0.0361. The van der Waals surface area contributed by atoms with Crippen molar-refractivity contribution in [3.8, 4) is 0 Å². The minimum atomic E-state index is -0.0404. The third kappa shape index (κ3) is 3.73. The lowest BCUT2D eigenvalue weighted by Gasteiger charge is -2.22. The summed E-state index contributed by atoms with van der Waals surface area (Å²) >= 11 is 6.49. The van der Waals surface area contributed by atoms with Gasteiger partial charge in [-0.15, -0.1) is 11.6 Å². The Labute approximate surface area is 120 Å². The molecule has 0 saturated heterocycles. The van der Waals surface area contributed by atoms with Crippen LogP contribution in [0, 0.1) is 5.41 Å². The summed E-state index contributed by atoms with van der Waals surface area (Å²) in [6.07, 6.45) is 2.86. The molecular weight excluding hydrogens is 258 g/mol. The van der Waals surface area contributed by atoms with Gasteiger partial charge in [-0.3, -0.25) is 4.79 Å². The van der Waals surface area contributed by atoms with Gasteiger partial charge in [0, 0.05) is 12.1 Å². The van der Waals surface area contributed by atoms with Crippen LogP contribution in [0.3, 0.4) is 0 Å². The van der Waals surface area contributed by atoms with E-state index in [9.17, 15) is 4.79 Å². The van der Waals surface area contributed by atoms with Gasteiger partial charge in [-0.05, 0) is 41.9 Å². The molecule has 2 nitrogen and oxygen atoms in total. The molecule has 0 aromatic heterocycles. The van der Waals surface area contributed by atoms with Crippen LogP contribution in [-0.4, -0.2) is 12.5 Å². The molecule has 0 aliphatic carbocycles. The number of aryl methyl sites for hydroxylation is 1. The van der Waals surface area contributed by atoms with Crippen molar-refractivity contribution in [3.63, 3.8) is 0 Å². The molecule has 0 fully saturated rings. The third-order valence-corrected chi connectivity index (χ3v) is 3.85. The topological polar surface area (TPSA) is 29.1 Å². The highest BCUT2D eigenvalue weighted by Gasteiger charge is 2.21. The van der Waals surface area contributed by atoms with E-state index in [2.05, 4.69) is 38.2 Å². The fourth-order valence-corrected chi connectivity index (χ4v) is 3.05. The van der Waals surface area contributed by atoms with E-state index in [1.165, 1.54) is 0 Å². The van der Waals surface area contributed by atoms with E-state index in [0.717, 1.165) is 42.5 Å². The molecule has 1 aromatic carbocycles. The van der Waals surface area contributed by atoms with Gasteiger partial charge < -0.3 is 5.32 Å². The van der Waals surface area contributed by atoms with E-state index in [-0.39, 0.29) is 16.7 Å². The SMILES string of the molecule is CC(C)(C)CC(Cl)c1ccc2c(c1)C(=O)NCCC2. The molecule has 1 aromatic rings. The van der Waals surface area contributed by atoms with E-state index in [4.69, 9.17) is 11.6 Å². The molecule has 0 saturated carbocycles. The summed E-state index contributed by atoms with van der Waals surface area (Å²) in [6.45, 7) is 7.30. The number of rotatable bonds is 2. The lowest BCUT2D eigenvalue weighted by Crippen LogP contribution is -2.22. The quantitative estimate of drug-likeness (QED) is 0.812. The zero-order valence-corrected chi connectivity index (χ0v) is 12.7. The van der Waals surface area contributed by atoms with Crippen molar-refractivity contribution in [2.75, 3.05) is 6.54 Å². The maximum Gasteiger partial charge on any atom is 0.251 e. The molecule has 1 N–H and O–H groups in total. The van der Waals surface area contributed by atoms with Crippen molar-refractivity contribution < 1.29 is 4.79 Å². The van der Waals surface area contributed by atoms with Gasteiger partial charge in [0.15, 0.2) is 0 Å². The van der Waals surface area contributed by atoms with E-state index in [0.29, 0.717) is 0 Å². The molecule has 19 heavy (non-hydrogen) atoms. The number of amides is 1. The second kappa shape index (κ2) is 5.54. The molecule has 1 heterocycles. The first-order valence-electron chi connectivity index (χ1n) is 6.92. The monoisotopic (exact) mass is 279 g/mol. The Morgan fingerprint density at radius 3 is 2.79 bits per heavy atom. The average molecular weight is 280 g/mol. The molecule has 104 valence electrons. The first-order chi connectivity index (χ1) is 8.87. The molecule has 2 rings (SSSR count). The summed E-state index contributed by atoms with van der Waals surface area (Å²) in [5, 5.41) is 2.89. The smallest absolute Gasteiger partial charge is 0.251 e. The molecule has 1 unspecified atom stereocenters. The first kappa shape index (κ1) is 14.4. The summed E-state index contributed by atoms with van der Waals surface area (Å²) in [6, 6.07) is 6.10.